The van der Waals surface area contributed by atoms with Gasteiger partial charge in [0.15, 0.2) is 0 Å². The van der Waals surface area contributed by atoms with Crippen LogP contribution in [0.4, 0.5) is 10.5 Å². The number of likely N-dealkylation sites (tertiary alicyclic amines) is 2. The molecule has 5 heterocycles. The number of hydrogen-bond acceptors (Lipinski definition) is 5. The number of imidazole rings is 2. The van der Waals surface area contributed by atoms with Gasteiger partial charge in [-0.25, -0.2) is 14.8 Å². The zero-order chi connectivity index (χ0) is 35.9. The first-order valence-electron chi connectivity index (χ1n) is 18.7. The summed E-state index contributed by atoms with van der Waals surface area (Å²) in [5.41, 5.74) is 7.31. The molecule has 0 spiro atoms. The molecule has 0 radical (unpaired) electrons. The zero-order valence-corrected chi connectivity index (χ0v) is 29.6. The fourth-order valence-electron chi connectivity index (χ4n) is 8.31. The molecule has 53 heavy (non-hydrogen) atoms. The molecule has 9 rings (SSSR count). The number of carbonyl (C=O) groups is 3. The summed E-state index contributed by atoms with van der Waals surface area (Å²) in [4.78, 5) is 64.6. The number of rotatable bonds is 9. The number of anilines is 1. The molecule has 2 N–H and O–H groups in total. The summed E-state index contributed by atoms with van der Waals surface area (Å²) in [6.07, 6.45) is 4.40. The van der Waals surface area contributed by atoms with Gasteiger partial charge in [-0.05, 0) is 72.7 Å². The van der Waals surface area contributed by atoms with E-state index in [0.29, 0.717) is 32.5 Å². The lowest BCUT2D eigenvalue weighted by Crippen LogP contribution is -2.32. The van der Waals surface area contributed by atoms with Crippen molar-refractivity contribution in [3.63, 3.8) is 0 Å². The molecule has 2 aromatic heterocycles. The molecule has 0 unspecified atom stereocenters. The van der Waals surface area contributed by atoms with Crippen LogP contribution in [0.5, 0.6) is 0 Å². The Hall–Kier alpha value is -5.97. The third kappa shape index (κ3) is 6.52. The summed E-state index contributed by atoms with van der Waals surface area (Å²) in [5.74, 6) is 1.84. The molecule has 0 bridgehead atoms. The Morgan fingerprint density at radius 2 is 1.17 bits per heavy atom. The van der Waals surface area contributed by atoms with E-state index in [9.17, 15) is 14.4 Å². The van der Waals surface area contributed by atoms with E-state index in [-0.39, 0.29) is 29.9 Å². The van der Waals surface area contributed by atoms with Crippen molar-refractivity contribution < 1.29 is 14.4 Å². The van der Waals surface area contributed by atoms with Crippen LogP contribution in [0.15, 0.2) is 97.1 Å². The van der Waals surface area contributed by atoms with Crippen LogP contribution in [-0.4, -0.2) is 78.7 Å². The van der Waals surface area contributed by atoms with Gasteiger partial charge in [-0.15, -0.1) is 0 Å². The average molecular weight is 707 g/mol. The number of urea groups is 1. The van der Waals surface area contributed by atoms with Gasteiger partial charge in [-0.2, -0.15) is 0 Å². The van der Waals surface area contributed by atoms with Crippen molar-refractivity contribution in [1.29, 1.82) is 0 Å². The molecular weight excluding hydrogens is 665 g/mol. The predicted octanol–water partition coefficient (Wildman–Crippen LogP) is 6.69. The molecule has 0 aliphatic carbocycles. The van der Waals surface area contributed by atoms with Crippen LogP contribution in [0.1, 0.15) is 66.1 Å². The molecule has 4 amide bonds. The number of carbonyl (C=O) groups excluding carboxylic acids is 3. The third-order valence-electron chi connectivity index (χ3n) is 11.0. The number of hydrogen-bond donors (Lipinski definition) is 2. The Balaban J connectivity index is 0.861. The minimum atomic E-state index is -0.0894. The highest BCUT2D eigenvalue weighted by Crippen LogP contribution is 2.35. The van der Waals surface area contributed by atoms with E-state index in [2.05, 4.69) is 16.0 Å². The van der Waals surface area contributed by atoms with Crippen molar-refractivity contribution in [1.82, 2.24) is 34.6 Å². The maximum Gasteiger partial charge on any atom is 0.324 e. The van der Waals surface area contributed by atoms with Crippen LogP contribution in [-0.2, 0) is 29.0 Å². The molecule has 2 atom stereocenters. The number of aromatic nitrogens is 4. The van der Waals surface area contributed by atoms with Crippen LogP contribution in [0.3, 0.4) is 0 Å². The van der Waals surface area contributed by atoms with Crippen molar-refractivity contribution >= 4 is 45.6 Å². The summed E-state index contributed by atoms with van der Waals surface area (Å²) < 4.78 is 0. The maximum atomic E-state index is 13.7. The van der Waals surface area contributed by atoms with Gasteiger partial charge in [0.1, 0.15) is 11.6 Å². The van der Waals surface area contributed by atoms with Crippen LogP contribution in [0.25, 0.3) is 22.1 Å². The smallest absolute Gasteiger partial charge is 0.324 e. The minimum Gasteiger partial charge on any atom is -0.340 e. The number of H-pyrrole nitrogens is 2. The van der Waals surface area contributed by atoms with E-state index >= 15 is 0 Å². The highest BCUT2D eigenvalue weighted by Gasteiger charge is 2.34. The van der Waals surface area contributed by atoms with Crippen molar-refractivity contribution in [2.24, 2.45) is 0 Å². The standard InChI is InChI=1S/C42H42N8O3/c51-38(24-28-9-3-1-4-10-28)49-19-7-13-36(49)40-43-32-17-15-30(23-34(32)45-40)27-47-21-22-48(42(47)53)31-16-18-33-35(26-31)46-41(44-33)37-14-8-20-50(37)39(52)25-29-11-5-2-6-12-29/h1-6,9-12,15-18,23,26,36-37H,7-8,13-14,19-22,24-25,27H2,(H,43,45)(H,44,46)/t36-,37-/m1/s1. The summed E-state index contributed by atoms with van der Waals surface area (Å²) in [7, 11) is 0. The SMILES string of the molecule is O=C1N(Cc2ccc3nc([C@H]4CCCN4C(=O)Cc4ccccc4)[nH]c3c2)CCN1c1ccc2nc([C@H]3CCCN3C(=O)Cc3ccccc3)[nH]c2c1. The third-order valence-corrected chi connectivity index (χ3v) is 11.0. The lowest BCUT2D eigenvalue weighted by molar-refractivity contribution is -0.132. The monoisotopic (exact) mass is 706 g/mol. The number of amides is 4. The number of fused-ring (bicyclic) bond motifs is 2. The molecule has 4 aromatic carbocycles. The fourth-order valence-corrected chi connectivity index (χ4v) is 8.31. The summed E-state index contributed by atoms with van der Waals surface area (Å²) in [6, 6.07) is 31.5. The van der Waals surface area contributed by atoms with Crippen LogP contribution < -0.4 is 4.90 Å². The number of benzene rings is 4. The molecule has 3 fully saturated rings. The number of nitrogens with zero attached hydrogens (tertiary/aromatic N) is 6. The molecule has 11 heteroatoms. The molecule has 0 saturated carbocycles. The zero-order valence-electron chi connectivity index (χ0n) is 29.6. The van der Waals surface area contributed by atoms with Gasteiger partial charge in [-0.3, -0.25) is 14.5 Å². The van der Waals surface area contributed by atoms with Crippen LogP contribution >= 0.6 is 0 Å². The minimum absolute atomic E-state index is 0.0403. The average Bonchev–Trinajstić information content (AvgIpc) is 4.02. The highest BCUT2D eigenvalue weighted by molar-refractivity contribution is 5.96. The number of nitrogens with one attached hydrogen (secondary N) is 2. The topological polar surface area (TPSA) is 122 Å². The first kappa shape index (κ1) is 32.9. The Morgan fingerprint density at radius 1 is 0.623 bits per heavy atom. The fraction of sp³-hybridized carbons (Fsp3) is 0.310. The van der Waals surface area contributed by atoms with Gasteiger partial charge in [-0.1, -0.05) is 66.7 Å². The first-order valence-corrected chi connectivity index (χ1v) is 18.7. The Labute approximate surface area is 307 Å². The van der Waals surface area contributed by atoms with Crippen molar-refractivity contribution in [3.8, 4) is 0 Å². The lowest BCUT2D eigenvalue weighted by atomic mass is 10.1. The van der Waals surface area contributed by atoms with Crippen molar-refractivity contribution in [3.05, 3.63) is 125 Å². The van der Waals surface area contributed by atoms with E-state index in [1.807, 2.05) is 111 Å². The molecule has 268 valence electrons. The van der Waals surface area contributed by atoms with Gasteiger partial charge < -0.3 is 24.7 Å². The summed E-state index contributed by atoms with van der Waals surface area (Å²) in [6.45, 7) is 3.13. The first-order chi connectivity index (χ1) is 26.0. The van der Waals surface area contributed by atoms with Crippen molar-refractivity contribution in [2.45, 2.75) is 57.2 Å². The second-order valence-electron chi connectivity index (χ2n) is 14.5. The molecule has 3 aliphatic rings. The van der Waals surface area contributed by atoms with E-state index in [0.717, 1.165) is 94.9 Å². The van der Waals surface area contributed by atoms with Gasteiger partial charge in [0, 0.05) is 38.4 Å². The van der Waals surface area contributed by atoms with E-state index in [1.54, 1.807) is 0 Å². The second kappa shape index (κ2) is 13.9. The van der Waals surface area contributed by atoms with E-state index in [1.165, 1.54) is 0 Å². The van der Waals surface area contributed by atoms with Crippen LogP contribution in [0.2, 0.25) is 0 Å². The quantitative estimate of drug-likeness (QED) is 0.174. The molecule has 3 saturated heterocycles. The maximum absolute atomic E-state index is 13.7. The Morgan fingerprint density at radius 3 is 1.75 bits per heavy atom. The molecule has 3 aliphatic heterocycles. The predicted molar refractivity (Wildman–Crippen MR) is 203 cm³/mol. The lowest BCUT2D eigenvalue weighted by Gasteiger charge is -2.23. The molecule has 6 aromatic rings. The largest absolute Gasteiger partial charge is 0.340 e. The van der Waals surface area contributed by atoms with Gasteiger partial charge >= 0.3 is 6.03 Å². The van der Waals surface area contributed by atoms with Gasteiger partial charge in [0.25, 0.3) is 0 Å². The summed E-state index contributed by atoms with van der Waals surface area (Å²) >= 11 is 0. The highest BCUT2D eigenvalue weighted by atomic mass is 16.2. The Bertz CT molecular complexity index is 2300. The summed E-state index contributed by atoms with van der Waals surface area (Å²) in [5, 5.41) is 0. The van der Waals surface area contributed by atoms with E-state index < -0.39 is 0 Å². The van der Waals surface area contributed by atoms with Gasteiger partial charge in [0.05, 0.1) is 47.0 Å². The Kier molecular flexibility index (Phi) is 8.61. The van der Waals surface area contributed by atoms with E-state index in [4.69, 9.17) is 9.97 Å². The molecule has 11 nitrogen and oxygen atoms in total. The van der Waals surface area contributed by atoms with Crippen molar-refractivity contribution in [2.75, 3.05) is 31.1 Å². The normalized spacial score (nSPS) is 19.0. The van der Waals surface area contributed by atoms with Crippen LogP contribution in [0, 0.1) is 0 Å². The molecular formula is C42H42N8O3. The second-order valence-corrected chi connectivity index (χ2v) is 14.5. The van der Waals surface area contributed by atoms with Gasteiger partial charge in [0.2, 0.25) is 11.8 Å². The number of aromatic amines is 2.